The number of thiophene rings is 1. The Morgan fingerprint density at radius 3 is 2.59 bits per heavy atom. The van der Waals surface area contributed by atoms with Crippen LogP contribution in [-0.4, -0.2) is 32.0 Å². The van der Waals surface area contributed by atoms with E-state index in [4.69, 9.17) is 9.88 Å². The third-order valence-electron chi connectivity index (χ3n) is 3.48. The SMILES string of the molecule is COC(=O)Cn1c(=NC(=O)c2ccc(Br)s2)sc2cc(S(N)(=O)=O)ccc21. The molecule has 0 spiro atoms. The average Bonchev–Trinajstić information content (AvgIpc) is 3.17. The molecule has 0 radical (unpaired) electrons. The highest BCUT2D eigenvalue weighted by molar-refractivity contribution is 9.11. The molecule has 2 heterocycles. The Morgan fingerprint density at radius 2 is 2.00 bits per heavy atom. The smallest absolute Gasteiger partial charge is 0.325 e. The number of rotatable bonds is 4. The van der Waals surface area contributed by atoms with Crippen molar-refractivity contribution >= 4 is 70.7 Å². The van der Waals surface area contributed by atoms with Gasteiger partial charge in [0.1, 0.15) is 6.54 Å². The Labute approximate surface area is 170 Å². The summed E-state index contributed by atoms with van der Waals surface area (Å²) in [6.45, 7) is -0.175. The third kappa shape index (κ3) is 4.35. The first-order chi connectivity index (χ1) is 12.7. The van der Waals surface area contributed by atoms with Gasteiger partial charge < -0.3 is 9.30 Å². The lowest BCUT2D eigenvalue weighted by molar-refractivity contribution is -0.141. The van der Waals surface area contributed by atoms with Crippen molar-refractivity contribution < 1.29 is 22.7 Å². The van der Waals surface area contributed by atoms with E-state index in [1.807, 2.05) is 0 Å². The molecule has 0 fully saturated rings. The summed E-state index contributed by atoms with van der Waals surface area (Å²) in [4.78, 5) is 28.9. The molecule has 2 aromatic heterocycles. The molecule has 0 atom stereocenters. The van der Waals surface area contributed by atoms with Crippen molar-refractivity contribution in [3.63, 3.8) is 0 Å². The topological polar surface area (TPSA) is 121 Å². The first kappa shape index (κ1) is 19.9. The van der Waals surface area contributed by atoms with Gasteiger partial charge in [-0.25, -0.2) is 13.6 Å². The number of hydrogen-bond acceptors (Lipinski definition) is 7. The number of thiazole rings is 1. The fourth-order valence-electron chi connectivity index (χ4n) is 2.23. The van der Waals surface area contributed by atoms with E-state index in [2.05, 4.69) is 20.9 Å². The summed E-state index contributed by atoms with van der Waals surface area (Å²) in [6.07, 6.45) is 0. The van der Waals surface area contributed by atoms with Crippen molar-refractivity contribution in [2.24, 2.45) is 10.1 Å². The van der Waals surface area contributed by atoms with Crippen LogP contribution in [0.1, 0.15) is 9.67 Å². The van der Waals surface area contributed by atoms with Gasteiger partial charge in [-0.05, 0) is 46.3 Å². The summed E-state index contributed by atoms with van der Waals surface area (Å²) in [5, 5.41) is 5.17. The second-order valence-electron chi connectivity index (χ2n) is 5.24. The second-order valence-corrected chi connectivity index (χ2v) is 10.3. The van der Waals surface area contributed by atoms with E-state index in [0.29, 0.717) is 15.1 Å². The maximum atomic E-state index is 12.4. The minimum Gasteiger partial charge on any atom is -0.468 e. The predicted molar refractivity (Wildman–Crippen MR) is 105 cm³/mol. The number of hydrogen-bond donors (Lipinski definition) is 1. The van der Waals surface area contributed by atoms with Gasteiger partial charge in [-0.15, -0.1) is 11.3 Å². The summed E-state index contributed by atoms with van der Waals surface area (Å²) in [7, 11) is -2.63. The first-order valence-corrected chi connectivity index (χ1v) is 11.2. The molecule has 0 saturated heterocycles. The van der Waals surface area contributed by atoms with Crippen LogP contribution in [0.25, 0.3) is 10.2 Å². The van der Waals surface area contributed by atoms with Gasteiger partial charge in [-0.2, -0.15) is 4.99 Å². The Kier molecular flexibility index (Phi) is 5.63. The molecule has 0 saturated carbocycles. The van der Waals surface area contributed by atoms with Gasteiger partial charge in [0.2, 0.25) is 10.0 Å². The maximum absolute atomic E-state index is 12.4. The van der Waals surface area contributed by atoms with E-state index in [9.17, 15) is 18.0 Å². The molecule has 8 nitrogen and oxygen atoms in total. The van der Waals surface area contributed by atoms with Gasteiger partial charge in [-0.1, -0.05) is 11.3 Å². The highest BCUT2D eigenvalue weighted by atomic mass is 79.9. The normalized spacial score (nSPS) is 12.5. The van der Waals surface area contributed by atoms with Crippen LogP contribution in [0.3, 0.4) is 0 Å². The molecule has 0 bridgehead atoms. The summed E-state index contributed by atoms with van der Waals surface area (Å²) in [5.41, 5.74) is 0.539. The van der Waals surface area contributed by atoms with Crippen molar-refractivity contribution in [1.29, 1.82) is 0 Å². The zero-order chi connectivity index (χ0) is 19.8. The molecule has 142 valence electrons. The van der Waals surface area contributed by atoms with Crippen LogP contribution < -0.4 is 9.94 Å². The Hall–Kier alpha value is -1.86. The van der Waals surface area contributed by atoms with Crippen LogP contribution in [0, 0.1) is 0 Å². The minimum absolute atomic E-state index is 0.0680. The number of fused-ring (bicyclic) bond motifs is 1. The molecule has 0 aliphatic rings. The van der Waals surface area contributed by atoms with Crippen molar-refractivity contribution in [2.75, 3.05) is 7.11 Å². The predicted octanol–water partition coefficient (Wildman–Crippen LogP) is 2.09. The molecular weight excluding hydrogens is 478 g/mol. The lowest BCUT2D eigenvalue weighted by Gasteiger charge is -2.04. The third-order valence-corrected chi connectivity index (χ3v) is 7.04. The van der Waals surface area contributed by atoms with Gasteiger partial charge in [0.05, 0.1) is 30.9 Å². The lowest BCUT2D eigenvalue weighted by Crippen LogP contribution is -2.22. The van der Waals surface area contributed by atoms with Crippen LogP contribution in [0.15, 0.2) is 44.0 Å². The van der Waals surface area contributed by atoms with Crippen LogP contribution in [-0.2, 0) is 26.1 Å². The number of methoxy groups -OCH3 is 1. The highest BCUT2D eigenvalue weighted by Crippen LogP contribution is 2.24. The number of amides is 1. The Morgan fingerprint density at radius 1 is 1.26 bits per heavy atom. The lowest BCUT2D eigenvalue weighted by atomic mass is 10.3. The number of sulfonamides is 1. The number of ether oxygens (including phenoxy) is 1. The number of carbonyl (C=O) groups is 2. The molecule has 0 aliphatic carbocycles. The van der Waals surface area contributed by atoms with Crippen LogP contribution in [0.5, 0.6) is 0 Å². The summed E-state index contributed by atoms with van der Waals surface area (Å²) < 4.78 is 30.7. The van der Waals surface area contributed by atoms with Crippen molar-refractivity contribution in [3.8, 4) is 0 Å². The van der Waals surface area contributed by atoms with E-state index >= 15 is 0 Å². The fourth-order valence-corrected chi connectivity index (χ4v) is 5.19. The zero-order valence-corrected chi connectivity index (χ0v) is 17.7. The van der Waals surface area contributed by atoms with E-state index in [-0.39, 0.29) is 16.2 Å². The molecule has 0 unspecified atom stereocenters. The number of benzene rings is 1. The highest BCUT2D eigenvalue weighted by Gasteiger charge is 2.16. The van der Waals surface area contributed by atoms with Gasteiger partial charge in [0.25, 0.3) is 5.91 Å². The Balaban J connectivity index is 2.19. The molecule has 3 rings (SSSR count). The van der Waals surface area contributed by atoms with Crippen molar-refractivity contribution in [2.45, 2.75) is 11.4 Å². The molecule has 12 heteroatoms. The monoisotopic (exact) mass is 489 g/mol. The standard InChI is InChI=1S/C15H12BrN3O5S3/c1-24-13(20)7-19-9-3-2-8(27(17,22)23)6-11(9)26-15(19)18-14(21)10-4-5-12(16)25-10/h2-6H,7H2,1H3,(H2,17,22,23). The van der Waals surface area contributed by atoms with Gasteiger partial charge in [-0.3, -0.25) is 9.59 Å². The van der Waals surface area contributed by atoms with Gasteiger partial charge in [0, 0.05) is 0 Å². The molecule has 27 heavy (non-hydrogen) atoms. The second kappa shape index (κ2) is 7.64. The van der Waals surface area contributed by atoms with E-state index in [1.165, 1.54) is 41.2 Å². The van der Waals surface area contributed by atoms with Crippen molar-refractivity contribution in [1.82, 2.24) is 4.57 Å². The number of nitrogens with two attached hydrogens (primary N) is 1. The quantitative estimate of drug-likeness (QED) is 0.562. The minimum atomic E-state index is -3.88. The molecule has 3 aromatic rings. The molecular formula is C15H12BrN3O5S3. The number of esters is 1. The number of halogens is 1. The van der Waals surface area contributed by atoms with Gasteiger partial charge in [0.15, 0.2) is 4.80 Å². The van der Waals surface area contributed by atoms with Gasteiger partial charge >= 0.3 is 5.97 Å². The average molecular weight is 490 g/mol. The summed E-state index contributed by atoms with van der Waals surface area (Å²) in [5.74, 6) is -1.000. The van der Waals surface area contributed by atoms with E-state index in [0.717, 1.165) is 15.1 Å². The van der Waals surface area contributed by atoms with Crippen LogP contribution in [0.2, 0.25) is 0 Å². The molecule has 2 N–H and O–H groups in total. The van der Waals surface area contributed by atoms with Crippen LogP contribution >= 0.6 is 38.6 Å². The summed E-state index contributed by atoms with van der Waals surface area (Å²) in [6, 6.07) is 7.60. The molecule has 1 aromatic carbocycles. The molecule has 0 aliphatic heterocycles. The first-order valence-electron chi connectivity index (χ1n) is 7.26. The number of carbonyl (C=O) groups excluding carboxylic acids is 2. The Bertz CT molecular complexity index is 1220. The van der Waals surface area contributed by atoms with Crippen LogP contribution in [0.4, 0.5) is 0 Å². The summed E-state index contributed by atoms with van der Waals surface area (Å²) >= 11 is 5.60. The zero-order valence-electron chi connectivity index (χ0n) is 13.7. The number of aromatic nitrogens is 1. The number of nitrogens with zero attached hydrogens (tertiary/aromatic N) is 2. The molecule has 1 amide bonds. The van der Waals surface area contributed by atoms with E-state index in [1.54, 1.807) is 12.1 Å². The largest absolute Gasteiger partial charge is 0.468 e. The fraction of sp³-hybridized carbons (Fsp3) is 0.133. The maximum Gasteiger partial charge on any atom is 0.325 e. The van der Waals surface area contributed by atoms with Crippen molar-refractivity contribution in [3.05, 3.63) is 43.8 Å². The van der Waals surface area contributed by atoms with E-state index < -0.39 is 21.9 Å². The number of primary sulfonamides is 1.